The Morgan fingerprint density at radius 2 is 1.68 bits per heavy atom. The highest BCUT2D eigenvalue weighted by Gasteiger charge is 2.10. The van der Waals surface area contributed by atoms with Gasteiger partial charge in [-0.15, -0.1) is 0 Å². The normalized spacial score (nSPS) is 10.9. The number of carbonyl (C=O) groups excluding carboxylic acids is 2. The lowest BCUT2D eigenvalue weighted by Crippen LogP contribution is -2.21. The number of ether oxygens (including phenoxy) is 2. The summed E-state index contributed by atoms with van der Waals surface area (Å²) < 4.78 is 11.6. The van der Waals surface area contributed by atoms with Crippen molar-refractivity contribution in [2.45, 2.75) is 19.8 Å². The van der Waals surface area contributed by atoms with Crippen LogP contribution in [0.5, 0.6) is 11.5 Å². The Morgan fingerprint density at radius 3 is 2.32 bits per heavy atom. The molecule has 0 saturated heterocycles. The first kappa shape index (κ1) is 21.7. The average molecular weight is 495 g/mol. The molecule has 0 aliphatic heterocycles. The Labute approximate surface area is 177 Å². The van der Waals surface area contributed by atoms with E-state index in [1.807, 2.05) is 24.3 Å². The van der Waals surface area contributed by atoms with Crippen molar-refractivity contribution >= 4 is 45.8 Å². The summed E-state index contributed by atoms with van der Waals surface area (Å²) in [4.78, 5) is 23.9. The van der Waals surface area contributed by atoms with E-state index in [2.05, 4.69) is 38.4 Å². The van der Waals surface area contributed by atoms with Crippen molar-refractivity contribution < 1.29 is 19.1 Å². The Hall–Kier alpha value is -2.62. The maximum absolute atomic E-state index is 12.0. The molecule has 7 nitrogen and oxygen atoms in total. The van der Waals surface area contributed by atoms with Crippen molar-refractivity contribution in [3.8, 4) is 11.5 Å². The topological polar surface area (TPSA) is 89.0 Å². The molecule has 2 rings (SSSR count). The molecule has 0 atom stereocenters. The number of hydrazone groups is 1. The van der Waals surface area contributed by atoms with Gasteiger partial charge in [-0.25, -0.2) is 5.43 Å². The molecular formula is C20H22IN3O4. The number of carbonyl (C=O) groups is 2. The van der Waals surface area contributed by atoms with Gasteiger partial charge in [0, 0.05) is 33.7 Å². The molecule has 0 bridgehead atoms. The smallest absolute Gasteiger partial charge is 0.240 e. The molecule has 0 unspecified atom stereocenters. The first-order valence-electron chi connectivity index (χ1n) is 8.54. The molecule has 28 heavy (non-hydrogen) atoms. The Kier molecular flexibility index (Phi) is 8.24. The van der Waals surface area contributed by atoms with E-state index in [1.54, 1.807) is 39.3 Å². The minimum atomic E-state index is -0.343. The number of amides is 2. The number of anilines is 1. The number of nitrogens with one attached hydrogen (secondary N) is 2. The van der Waals surface area contributed by atoms with Crippen molar-refractivity contribution in [1.29, 1.82) is 0 Å². The second-order valence-electron chi connectivity index (χ2n) is 5.85. The van der Waals surface area contributed by atoms with Gasteiger partial charge in [0.25, 0.3) is 0 Å². The Balaban J connectivity index is 1.87. The lowest BCUT2D eigenvalue weighted by Gasteiger charge is -2.10. The molecular weight excluding hydrogens is 473 g/mol. The van der Waals surface area contributed by atoms with Gasteiger partial charge in [-0.2, -0.15) is 5.10 Å². The highest BCUT2D eigenvalue weighted by molar-refractivity contribution is 14.1. The maximum Gasteiger partial charge on any atom is 0.240 e. The lowest BCUT2D eigenvalue weighted by molar-refractivity contribution is -0.124. The van der Waals surface area contributed by atoms with Gasteiger partial charge < -0.3 is 14.8 Å². The zero-order valence-corrected chi connectivity index (χ0v) is 18.1. The van der Waals surface area contributed by atoms with Crippen LogP contribution >= 0.6 is 22.6 Å². The molecule has 0 aliphatic rings. The molecule has 0 aromatic heterocycles. The molecule has 2 N–H and O–H groups in total. The molecule has 2 aromatic carbocycles. The molecule has 8 heteroatoms. The molecule has 0 fully saturated rings. The van der Waals surface area contributed by atoms with E-state index in [4.69, 9.17) is 9.47 Å². The van der Waals surface area contributed by atoms with Crippen LogP contribution in [0.1, 0.15) is 25.3 Å². The van der Waals surface area contributed by atoms with E-state index < -0.39 is 0 Å². The maximum atomic E-state index is 12.0. The number of hydrogen-bond acceptors (Lipinski definition) is 5. The first-order chi connectivity index (χ1) is 13.4. The zero-order valence-electron chi connectivity index (χ0n) is 15.9. The fourth-order valence-electron chi connectivity index (χ4n) is 2.34. The summed E-state index contributed by atoms with van der Waals surface area (Å²) in [5.74, 6) is 0.682. The van der Waals surface area contributed by atoms with E-state index in [0.717, 1.165) is 9.13 Å². The summed E-state index contributed by atoms with van der Waals surface area (Å²) in [7, 11) is 3.13. The van der Waals surface area contributed by atoms with Crippen LogP contribution in [-0.4, -0.2) is 31.7 Å². The number of halogens is 1. The molecule has 0 aliphatic carbocycles. The van der Waals surface area contributed by atoms with Gasteiger partial charge in [0.15, 0.2) is 0 Å². The van der Waals surface area contributed by atoms with Gasteiger partial charge >= 0.3 is 0 Å². The molecule has 148 valence electrons. The third-order valence-electron chi connectivity index (χ3n) is 3.85. The van der Waals surface area contributed by atoms with Gasteiger partial charge in [0.05, 0.1) is 19.9 Å². The first-order valence-corrected chi connectivity index (χ1v) is 9.61. The van der Waals surface area contributed by atoms with Gasteiger partial charge in [-0.1, -0.05) is 0 Å². The highest BCUT2D eigenvalue weighted by atomic mass is 127. The van der Waals surface area contributed by atoms with E-state index in [1.165, 1.54) is 0 Å². The summed E-state index contributed by atoms with van der Waals surface area (Å²) in [6.45, 7) is 1.76. The summed E-state index contributed by atoms with van der Waals surface area (Å²) in [6, 6.07) is 12.8. The molecule has 0 radical (unpaired) electrons. The van der Waals surface area contributed by atoms with Crippen molar-refractivity contribution in [2.24, 2.45) is 5.10 Å². The van der Waals surface area contributed by atoms with Crippen LogP contribution in [0, 0.1) is 3.57 Å². The second kappa shape index (κ2) is 10.6. The molecule has 0 saturated carbocycles. The second-order valence-corrected chi connectivity index (χ2v) is 7.10. The van der Waals surface area contributed by atoms with Gasteiger partial charge in [-0.3, -0.25) is 9.59 Å². The molecule has 2 aromatic rings. The standard InChI is InChI=1S/C20H22IN3O4/c1-13(17-9-8-16(27-2)12-18(17)28-3)23-24-20(26)11-10-19(25)22-15-6-4-14(21)5-7-15/h4-9,12H,10-11H2,1-3H3,(H,22,25)(H,24,26)/b23-13-. The predicted octanol–water partition coefficient (Wildman–Crippen LogP) is 3.57. The number of nitrogens with zero attached hydrogens (tertiary/aromatic N) is 1. The van der Waals surface area contributed by atoms with Crippen LogP contribution in [0.15, 0.2) is 47.6 Å². The van der Waals surface area contributed by atoms with E-state index in [9.17, 15) is 9.59 Å². The van der Waals surface area contributed by atoms with Crippen LogP contribution in [-0.2, 0) is 9.59 Å². The fourth-order valence-corrected chi connectivity index (χ4v) is 2.70. The molecule has 0 spiro atoms. The third-order valence-corrected chi connectivity index (χ3v) is 4.57. The van der Waals surface area contributed by atoms with E-state index in [-0.39, 0.29) is 24.7 Å². The minimum Gasteiger partial charge on any atom is -0.497 e. The summed E-state index contributed by atoms with van der Waals surface area (Å²) in [5.41, 5.74) is 4.48. The largest absolute Gasteiger partial charge is 0.497 e. The fraction of sp³-hybridized carbons (Fsp3) is 0.250. The monoisotopic (exact) mass is 495 g/mol. The molecule has 0 heterocycles. The summed E-state index contributed by atoms with van der Waals surface area (Å²) >= 11 is 2.19. The van der Waals surface area contributed by atoms with Crippen LogP contribution in [0.4, 0.5) is 5.69 Å². The van der Waals surface area contributed by atoms with E-state index in [0.29, 0.717) is 22.9 Å². The lowest BCUT2D eigenvalue weighted by atomic mass is 10.1. The third kappa shape index (κ3) is 6.52. The minimum absolute atomic E-state index is 0.0345. The van der Waals surface area contributed by atoms with E-state index >= 15 is 0 Å². The van der Waals surface area contributed by atoms with Crippen LogP contribution < -0.4 is 20.2 Å². The van der Waals surface area contributed by atoms with Gasteiger partial charge in [0.1, 0.15) is 11.5 Å². The number of methoxy groups -OCH3 is 2. The Morgan fingerprint density at radius 1 is 1.00 bits per heavy atom. The number of benzene rings is 2. The van der Waals surface area contributed by atoms with Crippen LogP contribution in [0.25, 0.3) is 0 Å². The van der Waals surface area contributed by atoms with Gasteiger partial charge in [0.2, 0.25) is 11.8 Å². The molecule has 2 amide bonds. The predicted molar refractivity (Wildman–Crippen MR) is 117 cm³/mol. The highest BCUT2D eigenvalue weighted by Crippen LogP contribution is 2.25. The number of hydrogen-bond donors (Lipinski definition) is 2. The zero-order chi connectivity index (χ0) is 20.5. The Bertz CT molecular complexity index is 866. The quantitative estimate of drug-likeness (QED) is 0.333. The van der Waals surface area contributed by atoms with Crippen LogP contribution in [0.3, 0.4) is 0 Å². The summed E-state index contributed by atoms with van der Waals surface area (Å²) in [6.07, 6.45) is 0.102. The van der Waals surface area contributed by atoms with Crippen molar-refractivity contribution in [1.82, 2.24) is 5.43 Å². The SMILES string of the molecule is COc1ccc(/C(C)=N\NC(=O)CCC(=O)Nc2ccc(I)cc2)c(OC)c1. The summed E-state index contributed by atoms with van der Waals surface area (Å²) in [5, 5.41) is 6.85. The van der Waals surface area contributed by atoms with Crippen molar-refractivity contribution in [2.75, 3.05) is 19.5 Å². The van der Waals surface area contributed by atoms with Crippen LogP contribution in [0.2, 0.25) is 0 Å². The van der Waals surface area contributed by atoms with Crippen molar-refractivity contribution in [3.63, 3.8) is 0 Å². The van der Waals surface area contributed by atoms with Gasteiger partial charge in [-0.05, 0) is 65.9 Å². The number of rotatable bonds is 8. The average Bonchev–Trinajstić information content (AvgIpc) is 2.71. The van der Waals surface area contributed by atoms with Crippen molar-refractivity contribution in [3.05, 3.63) is 51.6 Å².